The molecule has 0 amide bonds. The van der Waals surface area contributed by atoms with E-state index in [0.717, 1.165) is 60.1 Å². The summed E-state index contributed by atoms with van der Waals surface area (Å²) in [6.07, 6.45) is 2.87. The highest BCUT2D eigenvalue weighted by molar-refractivity contribution is 7.77. The Morgan fingerprint density at radius 1 is 0.590 bits per heavy atom. The summed E-state index contributed by atoms with van der Waals surface area (Å²) in [5.41, 5.74) is 0. The smallest absolute Gasteiger partial charge is 0.208 e. The van der Waals surface area contributed by atoms with Crippen molar-refractivity contribution in [2.45, 2.75) is 19.3 Å². The molecule has 0 atom stereocenters. The molecule has 0 unspecified atom stereocenters. The summed E-state index contributed by atoms with van der Waals surface area (Å²) in [5, 5.41) is 6.87. The van der Waals surface area contributed by atoms with Gasteiger partial charge in [-0.2, -0.15) is 0 Å². The lowest BCUT2D eigenvalue weighted by molar-refractivity contribution is 0.146. The van der Waals surface area contributed by atoms with Crippen molar-refractivity contribution in [2.75, 3.05) is 32.8 Å². The van der Waals surface area contributed by atoms with E-state index >= 15 is 0 Å². The molecule has 5 rings (SSSR count). The van der Waals surface area contributed by atoms with Crippen LogP contribution in [-0.2, 0) is 9.13 Å². The molecule has 5 nitrogen and oxygen atoms in total. The van der Waals surface area contributed by atoms with E-state index in [0.29, 0.717) is 13.2 Å². The van der Waals surface area contributed by atoms with E-state index in [2.05, 4.69) is 14.7 Å². The molecule has 1 aliphatic rings. The van der Waals surface area contributed by atoms with Gasteiger partial charge in [-0.05, 0) is 74.3 Å². The minimum atomic E-state index is -2.93. The Balaban J connectivity index is 1.21. The average Bonchev–Trinajstić information content (AvgIpc) is 3.02. The lowest BCUT2D eigenvalue weighted by Gasteiger charge is -2.40. The van der Waals surface area contributed by atoms with Crippen LogP contribution in [0.15, 0.2) is 121 Å². The molecule has 0 bridgehead atoms. The SMILES string of the molecule is O=P(NCCCCN1CCCN(P(=O)(c2ccccc2)c2ccccc2)C1)(c1ccccc1)c1ccccc1. The quantitative estimate of drug-likeness (QED) is 0.204. The summed E-state index contributed by atoms with van der Waals surface area (Å²) in [5.74, 6) is 0. The Labute approximate surface area is 232 Å². The highest BCUT2D eigenvalue weighted by Crippen LogP contribution is 2.48. The van der Waals surface area contributed by atoms with Crippen LogP contribution >= 0.6 is 14.6 Å². The van der Waals surface area contributed by atoms with Crippen LogP contribution in [0.1, 0.15) is 19.3 Å². The van der Waals surface area contributed by atoms with E-state index in [-0.39, 0.29) is 0 Å². The fourth-order valence-corrected chi connectivity index (χ4v) is 10.5. The normalized spacial score (nSPS) is 15.3. The minimum absolute atomic E-state index is 0.672. The van der Waals surface area contributed by atoms with Crippen LogP contribution < -0.4 is 26.3 Å². The van der Waals surface area contributed by atoms with Crippen molar-refractivity contribution in [1.82, 2.24) is 14.7 Å². The van der Waals surface area contributed by atoms with Crippen LogP contribution in [0.3, 0.4) is 0 Å². The number of nitrogens with one attached hydrogen (secondary N) is 1. The van der Waals surface area contributed by atoms with Crippen molar-refractivity contribution >= 4 is 35.8 Å². The van der Waals surface area contributed by atoms with Gasteiger partial charge in [-0.15, -0.1) is 0 Å². The summed E-state index contributed by atoms with van der Waals surface area (Å²) in [4.78, 5) is 2.41. The van der Waals surface area contributed by atoms with Crippen molar-refractivity contribution < 1.29 is 9.13 Å². The molecular formula is C32H37N3O2P2. The van der Waals surface area contributed by atoms with E-state index < -0.39 is 14.6 Å². The van der Waals surface area contributed by atoms with E-state index in [1.807, 2.05) is 121 Å². The molecule has 7 heteroatoms. The molecule has 4 aromatic carbocycles. The zero-order valence-electron chi connectivity index (χ0n) is 22.3. The van der Waals surface area contributed by atoms with Crippen LogP contribution in [0, 0.1) is 0 Å². The largest absolute Gasteiger partial charge is 0.297 e. The second-order valence-corrected chi connectivity index (χ2v) is 15.3. The van der Waals surface area contributed by atoms with Gasteiger partial charge in [0.05, 0.1) is 6.67 Å². The third-order valence-corrected chi connectivity index (χ3v) is 13.2. The second-order valence-electron chi connectivity index (χ2n) is 9.99. The molecular weight excluding hydrogens is 520 g/mol. The van der Waals surface area contributed by atoms with Gasteiger partial charge in [0.15, 0.2) is 0 Å². The number of nitrogens with zero attached hydrogens (tertiary/aromatic N) is 2. The highest BCUT2D eigenvalue weighted by Gasteiger charge is 2.36. The summed E-state index contributed by atoms with van der Waals surface area (Å²) in [6.45, 7) is 4.09. The third-order valence-electron chi connectivity index (χ3n) is 7.34. The average molecular weight is 558 g/mol. The van der Waals surface area contributed by atoms with E-state index in [4.69, 9.17) is 0 Å². The predicted octanol–water partition coefficient (Wildman–Crippen LogP) is 5.18. The Hall–Kier alpha value is -2.78. The summed E-state index contributed by atoms with van der Waals surface area (Å²) in [7, 11) is -5.83. The minimum Gasteiger partial charge on any atom is -0.297 e. The highest BCUT2D eigenvalue weighted by atomic mass is 31.2. The Morgan fingerprint density at radius 3 is 1.54 bits per heavy atom. The van der Waals surface area contributed by atoms with Gasteiger partial charge >= 0.3 is 0 Å². The summed E-state index contributed by atoms with van der Waals surface area (Å²) < 4.78 is 31.1. The zero-order valence-corrected chi connectivity index (χ0v) is 24.1. The molecule has 1 N–H and O–H groups in total. The van der Waals surface area contributed by atoms with Crippen LogP contribution in [0.4, 0.5) is 0 Å². The molecule has 1 saturated heterocycles. The predicted molar refractivity (Wildman–Crippen MR) is 165 cm³/mol. The van der Waals surface area contributed by atoms with Gasteiger partial charge in [0.25, 0.3) is 0 Å². The standard InChI is InChI=1S/C32H37N3O2P2/c36-38(29-16-5-1-6-17-29,30-18-7-2-8-19-30)33-24-13-14-25-34-26-15-27-35(28-34)39(37,31-20-9-3-10-21-31)32-22-11-4-12-23-32/h1-12,16-23H,13-15,24-28H2,(H,33,36). The Bertz CT molecular complexity index is 1320. The van der Waals surface area contributed by atoms with Crippen molar-refractivity contribution in [3.63, 3.8) is 0 Å². The first-order valence-corrected chi connectivity index (χ1v) is 17.1. The molecule has 39 heavy (non-hydrogen) atoms. The molecule has 0 aliphatic carbocycles. The van der Waals surface area contributed by atoms with Crippen LogP contribution in [0.2, 0.25) is 0 Å². The first-order valence-electron chi connectivity index (χ1n) is 13.8. The van der Waals surface area contributed by atoms with E-state index in [1.54, 1.807) is 0 Å². The fourth-order valence-electron chi connectivity index (χ4n) is 5.30. The molecule has 0 spiro atoms. The molecule has 1 fully saturated rings. The van der Waals surface area contributed by atoms with E-state index in [9.17, 15) is 9.13 Å². The van der Waals surface area contributed by atoms with Gasteiger partial charge in [-0.3, -0.25) is 19.1 Å². The van der Waals surface area contributed by atoms with Gasteiger partial charge in [0, 0.05) is 40.9 Å². The lowest BCUT2D eigenvalue weighted by Crippen LogP contribution is -2.46. The van der Waals surface area contributed by atoms with Gasteiger partial charge in [0.1, 0.15) is 0 Å². The zero-order chi connectivity index (χ0) is 27.0. The third kappa shape index (κ3) is 6.35. The van der Waals surface area contributed by atoms with Crippen LogP contribution in [0.25, 0.3) is 0 Å². The van der Waals surface area contributed by atoms with Crippen LogP contribution in [0.5, 0.6) is 0 Å². The molecule has 0 saturated carbocycles. The topological polar surface area (TPSA) is 52.7 Å². The molecule has 4 aromatic rings. The molecule has 202 valence electrons. The maximum absolute atomic E-state index is 14.7. The Morgan fingerprint density at radius 2 is 1.05 bits per heavy atom. The van der Waals surface area contributed by atoms with Crippen molar-refractivity contribution in [3.8, 4) is 0 Å². The van der Waals surface area contributed by atoms with Gasteiger partial charge in [0.2, 0.25) is 14.6 Å². The molecule has 0 aromatic heterocycles. The first-order chi connectivity index (χ1) is 19.1. The van der Waals surface area contributed by atoms with Crippen LogP contribution in [-0.4, -0.2) is 42.4 Å². The van der Waals surface area contributed by atoms with Crippen molar-refractivity contribution in [3.05, 3.63) is 121 Å². The number of hydrogen-bond acceptors (Lipinski definition) is 3. The maximum Gasteiger partial charge on any atom is 0.208 e. The van der Waals surface area contributed by atoms with Crippen molar-refractivity contribution in [1.29, 1.82) is 0 Å². The Kier molecular flexibility index (Phi) is 9.29. The molecule has 1 heterocycles. The number of benzene rings is 4. The maximum atomic E-state index is 14.7. The van der Waals surface area contributed by atoms with Gasteiger partial charge < -0.3 is 0 Å². The summed E-state index contributed by atoms with van der Waals surface area (Å²) in [6, 6.07) is 39.3. The number of rotatable bonds is 11. The van der Waals surface area contributed by atoms with E-state index in [1.165, 1.54) is 0 Å². The monoisotopic (exact) mass is 557 g/mol. The lowest BCUT2D eigenvalue weighted by atomic mass is 10.2. The molecule has 1 aliphatic heterocycles. The summed E-state index contributed by atoms with van der Waals surface area (Å²) >= 11 is 0. The van der Waals surface area contributed by atoms with Gasteiger partial charge in [-0.1, -0.05) is 72.8 Å². The first kappa shape index (κ1) is 27.8. The van der Waals surface area contributed by atoms with Crippen molar-refractivity contribution in [2.24, 2.45) is 0 Å². The van der Waals surface area contributed by atoms with Gasteiger partial charge in [-0.25, -0.2) is 4.67 Å². The number of unbranched alkanes of at least 4 members (excludes halogenated alkanes) is 1. The molecule has 0 radical (unpaired) electrons. The second kappa shape index (κ2) is 13.0. The fraction of sp³-hybridized carbons (Fsp3) is 0.250. The number of hydrogen-bond donors (Lipinski definition) is 1.